The Morgan fingerprint density at radius 3 is 1.45 bits per heavy atom. The van der Waals surface area contributed by atoms with Gasteiger partial charge in [-0.3, -0.25) is 0 Å². The fourth-order valence-corrected chi connectivity index (χ4v) is 2.91. The Balaban J connectivity index is 3.10. The molecule has 0 radical (unpaired) electrons. The van der Waals surface area contributed by atoms with Crippen molar-refractivity contribution in [2.75, 3.05) is 6.61 Å². The van der Waals surface area contributed by atoms with Gasteiger partial charge in [0.2, 0.25) is 0 Å². The summed E-state index contributed by atoms with van der Waals surface area (Å²) in [5.41, 5.74) is 0. The van der Waals surface area contributed by atoms with Gasteiger partial charge in [0.05, 0.1) is 0 Å². The SMILES string of the molecule is CCCCCCCC[C@H](C)CCCCCCCCCO. The maximum atomic E-state index is 8.70. The smallest absolute Gasteiger partial charge is 0.0431 e. The van der Waals surface area contributed by atoms with Crippen molar-refractivity contribution >= 4 is 0 Å². The predicted octanol–water partition coefficient (Wildman–Crippen LogP) is 6.49. The van der Waals surface area contributed by atoms with E-state index in [4.69, 9.17) is 5.11 Å². The minimum absolute atomic E-state index is 0.371. The van der Waals surface area contributed by atoms with E-state index < -0.39 is 0 Å². The lowest BCUT2D eigenvalue weighted by atomic mass is 9.96. The van der Waals surface area contributed by atoms with E-state index in [1.165, 1.54) is 89.9 Å². The molecule has 20 heavy (non-hydrogen) atoms. The Bertz CT molecular complexity index is 167. The van der Waals surface area contributed by atoms with Crippen LogP contribution in [0.4, 0.5) is 0 Å². The number of hydrogen-bond acceptors (Lipinski definition) is 1. The highest BCUT2D eigenvalue weighted by atomic mass is 16.2. The summed E-state index contributed by atoms with van der Waals surface area (Å²) in [6.45, 7) is 5.10. The molecular formula is C19H40O. The van der Waals surface area contributed by atoms with Crippen LogP contribution < -0.4 is 0 Å². The first-order chi connectivity index (χ1) is 9.81. The molecule has 0 fully saturated rings. The van der Waals surface area contributed by atoms with Gasteiger partial charge in [-0.2, -0.15) is 0 Å². The van der Waals surface area contributed by atoms with E-state index in [0.717, 1.165) is 12.3 Å². The summed E-state index contributed by atoms with van der Waals surface area (Å²) in [7, 11) is 0. The summed E-state index contributed by atoms with van der Waals surface area (Å²) in [6.07, 6.45) is 20.6. The second-order valence-corrected chi connectivity index (χ2v) is 6.65. The molecule has 0 spiro atoms. The van der Waals surface area contributed by atoms with E-state index in [9.17, 15) is 0 Å². The third-order valence-electron chi connectivity index (χ3n) is 4.41. The second-order valence-electron chi connectivity index (χ2n) is 6.65. The minimum atomic E-state index is 0.371. The van der Waals surface area contributed by atoms with Gasteiger partial charge in [-0.25, -0.2) is 0 Å². The highest BCUT2D eigenvalue weighted by Gasteiger charge is 2.02. The molecule has 0 rings (SSSR count). The highest BCUT2D eigenvalue weighted by molar-refractivity contribution is 4.55. The Morgan fingerprint density at radius 1 is 0.600 bits per heavy atom. The molecule has 1 N–H and O–H groups in total. The molecule has 0 aliphatic rings. The lowest BCUT2D eigenvalue weighted by Gasteiger charge is -2.11. The zero-order chi connectivity index (χ0) is 14.9. The Morgan fingerprint density at radius 2 is 1.00 bits per heavy atom. The van der Waals surface area contributed by atoms with Gasteiger partial charge in [0.25, 0.3) is 0 Å². The Labute approximate surface area is 128 Å². The van der Waals surface area contributed by atoms with Gasteiger partial charge >= 0.3 is 0 Å². The van der Waals surface area contributed by atoms with E-state index in [2.05, 4.69) is 13.8 Å². The molecule has 0 unspecified atom stereocenters. The quantitative estimate of drug-likeness (QED) is 0.321. The summed E-state index contributed by atoms with van der Waals surface area (Å²) in [6, 6.07) is 0. The molecule has 0 aromatic heterocycles. The maximum absolute atomic E-state index is 8.70. The molecule has 0 saturated carbocycles. The predicted molar refractivity (Wildman–Crippen MR) is 91.2 cm³/mol. The van der Waals surface area contributed by atoms with E-state index in [-0.39, 0.29) is 0 Å². The van der Waals surface area contributed by atoms with Gasteiger partial charge in [0, 0.05) is 6.61 Å². The van der Waals surface area contributed by atoms with Crippen molar-refractivity contribution in [1.82, 2.24) is 0 Å². The van der Waals surface area contributed by atoms with Gasteiger partial charge in [-0.15, -0.1) is 0 Å². The van der Waals surface area contributed by atoms with Crippen molar-refractivity contribution in [3.63, 3.8) is 0 Å². The van der Waals surface area contributed by atoms with Gasteiger partial charge in [-0.1, -0.05) is 104 Å². The van der Waals surface area contributed by atoms with Gasteiger partial charge in [0.15, 0.2) is 0 Å². The van der Waals surface area contributed by atoms with Crippen molar-refractivity contribution < 1.29 is 5.11 Å². The number of aliphatic hydroxyl groups excluding tert-OH is 1. The monoisotopic (exact) mass is 284 g/mol. The van der Waals surface area contributed by atoms with E-state index >= 15 is 0 Å². The van der Waals surface area contributed by atoms with Crippen LogP contribution in [0.3, 0.4) is 0 Å². The van der Waals surface area contributed by atoms with E-state index in [1.807, 2.05) is 0 Å². The van der Waals surface area contributed by atoms with Crippen LogP contribution in [-0.4, -0.2) is 11.7 Å². The molecular weight excluding hydrogens is 244 g/mol. The summed E-state index contributed by atoms with van der Waals surface area (Å²) in [5.74, 6) is 0.940. The lowest BCUT2D eigenvalue weighted by Crippen LogP contribution is -1.95. The molecule has 0 amide bonds. The van der Waals surface area contributed by atoms with Crippen molar-refractivity contribution in [3.05, 3.63) is 0 Å². The lowest BCUT2D eigenvalue weighted by molar-refractivity contribution is 0.282. The average Bonchev–Trinajstić information content (AvgIpc) is 2.45. The van der Waals surface area contributed by atoms with Crippen molar-refractivity contribution in [3.8, 4) is 0 Å². The van der Waals surface area contributed by atoms with E-state index in [0.29, 0.717) is 6.61 Å². The zero-order valence-electron chi connectivity index (χ0n) is 14.3. The largest absolute Gasteiger partial charge is 0.396 e. The van der Waals surface area contributed by atoms with Crippen LogP contribution in [0.1, 0.15) is 110 Å². The first-order valence-electron chi connectivity index (χ1n) is 9.42. The minimum Gasteiger partial charge on any atom is -0.396 e. The van der Waals surface area contributed by atoms with Crippen molar-refractivity contribution in [2.45, 2.75) is 110 Å². The Hall–Kier alpha value is -0.0400. The fourth-order valence-electron chi connectivity index (χ4n) is 2.91. The number of hydrogen-bond donors (Lipinski definition) is 1. The third-order valence-corrected chi connectivity index (χ3v) is 4.41. The first-order valence-corrected chi connectivity index (χ1v) is 9.42. The first kappa shape index (κ1) is 20.0. The third kappa shape index (κ3) is 16.0. The van der Waals surface area contributed by atoms with Crippen molar-refractivity contribution in [1.29, 1.82) is 0 Å². The van der Waals surface area contributed by atoms with Crippen LogP contribution in [0.2, 0.25) is 0 Å². The summed E-state index contributed by atoms with van der Waals surface area (Å²) >= 11 is 0. The molecule has 1 atom stereocenters. The van der Waals surface area contributed by atoms with Gasteiger partial charge in [0.1, 0.15) is 0 Å². The highest BCUT2D eigenvalue weighted by Crippen LogP contribution is 2.18. The normalized spacial score (nSPS) is 12.8. The number of unbranched alkanes of at least 4 members (excludes halogenated alkanes) is 11. The molecule has 122 valence electrons. The fraction of sp³-hybridized carbons (Fsp3) is 1.00. The van der Waals surface area contributed by atoms with Crippen LogP contribution in [0.15, 0.2) is 0 Å². The standard InChI is InChI=1S/C19H40O/c1-3-4-5-6-10-13-16-19(2)17-14-11-8-7-9-12-15-18-20/h19-20H,3-18H2,1-2H3/t19-/m0/s1. The summed E-state index contributed by atoms with van der Waals surface area (Å²) in [4.78, 5) is 0. The molecule has 1 heteroatoms. The molecule has 0 heterocycles. The molecule has 0 aromatic carbocycles. The van der Waals surface area contributed by atoms with Crippen LogP contribution in [-0.2, 0) is 0 Å². The van der Waals surface area contributed by atoms with Crippen LogP contribution in [0.5, 0.6) is 0 Å². The topological polar surface area (TPSA) is 20.2 Å². The van der Waals surface area contributed by atoms with Gasteiger partial charge in [-0.05, 0) is 12.3 Å². The maximum Gasteiger partial charge on any atom is 0.0431 e. The molecule has 0 bridgehead atoms. The van der Waals surface area contributed by atoms with Crippen LogP contribution in [0.25, 0.3) is 0 Å². The number of aliphatic hydroxyl groups is 1. The summed E-state index contributed by atoms with van der Waals surface area (Å²) < 4.78 is 0. The molecule has 0 saturated heterocycles. The second kappa shape index (κ2) is 17.0. The van der Waals surface area contributed by atoms with Crippen LogP contribution in [0, 0.1) is 5.92 Å². The van der Waals surface area contributed by atoms with Gasteiger partial charge < -0.3 is 5.11 Å². The van der Waals surface area contributed by atoms with Crippen LogP contribution >= 0.6 is 0 Å². The Kier molecular flexibility index (Phi) is 17.0. The average molecular weight is 285 g/mol. The van der Waals surface area contributed by atoms with E-state index in [1.54, 1.807) is 0 Å². The molecule has 1 nitrogen and oxygen atoms in total. The molecule has 0 aliphatic carbocycles. The molecule has 0 aliphatic heterocycles. The summed E-state index contributed by atoms with van der Waals surface area (Å²) in [5, 5.41) is 8.70. The zero-order valence-corrected chi connectivity index (χ0v) is 14.3. The van der Waals surface area contributed by atoms with Crippen molar-refractivity contribution in [2.24, 2.45) is 5.92 Å². The number of rotatable bonds is 16. The molecule has 0 aromatic rings.